The maximum absolute atomic E-state index is 12.5. The van der Waals surface area contributed by atoms with Crippen LogP contribution in [0, 0.1) is 5.92 Å². The van der Waals surface area contributed by atoms with Gasteiger partial charge in [0.05, 0.1) is 12.7 Å². The Hall–Kier alpha value is -0.930. The van der Waals surface area contributed by atoms with Crippen molar-refractivity contribution >= 4 is 29.1 Å². The summed E-state index contributed by atoms with van der Waals surface area (Å²) in [6.45, 7) is 1.48. The van der Waals surface area contributed by atoms with Crippen LogP contribution < -0.4 is 4.74 Å². The second-order valence-corrected chi connectivity index (χ2v) is 5.48. The summed E-state index contributed by atoms with van der Waals surface area (Å²) < 4.78 is 5.23. The molecule has 0 bridgehead atoms. The van der Waals surface area contributed by atoms with E-state index in [-0.39, 0.29) is 5.91 Å². The monoisotopic (exact) mass is 301 g/mol. The van der Waals surface area contributed by atoms with Crippen LogP contribution in [0.1, 0.15) is 23.2 Å². The smallest absolute Gasteiger partial charge is 0.257 e. The minimum absolute atomic E-state index is 0.0210. The molecule has 0 aliphatic carbocycles. The van der Waals surface area contributed by atoms with Crippen LogP contribution >= 0.6 is 23.2 Å². The summed E-state index contributed by atoms with van der Waals surface area (Å²) in [6.07, 6.45) is 1.91. The number of halogens is 2. The number of alkyl halides is 1. The first-order valence-corrected chi connectivity index (χ1v) is 7.25. The molecule has 1 aromatic carbocycles. The van der Waals surface area contributed by atoms with Gasteiger partial charge in [0.15, 0.2) is 0 Å². The number of carbonyl (C=O) groups excluding carboxylic acids is 1. The molecule has 3 nitrogen and oxygen atoms in total. The van der Waals surface area contributed by atoms with Crippen molar-refractivity contribution in [1.82, 2.24) is 4.90 Å². The lowest BCUT2D eigenvalue weighted by molar-refractivity contribution is 0.0695. The molecule has 1 aliphatic rings. The number of carbonyl (C=O) groups is 1. The Kier molecular flexibility index (Phi) is 4.94. The highest BCUT2D eigenvalue weighted by molar-refractivity contribution is 6.31. The summed E-state index contributed by atoms with van der Waals surface area (Å²) >= 11 is 11.8. The van der Waals surface area contributed by atoms with E-state index in [2.05, 4.69) is 0 Å². The maximum atomic E-state index is 12.5. The zero-order valence-corrected chi connectivity index (χ0v) is 12.4. The molecule has 0 saturated carbocycles. The summed E-state index contributed by atoms with van der Waals surface area (Å²) in [5, 5.41) is 0.541. The van der Waals surface area contributed by atoms with E-state index in [0.717, 1.165) is 25.9 Å². The van der Waals surface area contributed by atoms with Gasteiger partial charge in [-0.1, -0.05) is 11.6 Å². The Morgan fingerprint density at radius 2 is 2.11 bits per heavy atom. The first-order chi connectivity index (χ1) is 9.15. The molecule has 1 saturated heterocycles. The zero-order valence-electron chi connectivity index (χ0n) is 10.9. The van der Waals surface area contributed by atoms with Crippen molar-refractivity contribution in [3.8, 4) is 5.75 Å². The van der Waals surface area contributed by atoms with Crippen LogP contribution in [0.15, 0.2) is 18.2 Å². The van der Waals surface area contributed by atoms with Crippen LogP contribution in [0.5, 0.6) is 5.75 Å². The van der Waals surface area contributed by atoms with E-state index in [1.165, 1.54) is 0 Å². The van der Waals surface area contributed by atoms with Crippen molar-refractivity contribution in [3.63, 3.8) is 0 Å². The highest BCUT2D eigenvalue weighted by Gasteiger charge is 2.25. The Balaban J connectivity index is 2.14. The normalized spacial score (nSPS) is 16.5. The van der Waals surface area contributed by atoms with Crippen molar-refractivity contribution < 1.29 is 9.53 Å². The summed E-state index contributed by atoms with van der Waals surface area (Å²) in [5.74, 6) is 1.73. The highest BCUT2D eigenvalue weighted by atomic mass is 35.5. The van der Waals surface area contributed by atoms with E-state index in [9.17, 15) is 4.79 Å². The third-order valence-corrected chi connectivity index (χ3v) is 4.18. The lowest BCUT2D eigenvalue weighted by Gasteiger charge is -2.31. The largest absolute Gasteiger partial charge is 0.496 e. The molecule has 1 aromatic rings. The van der Waals surface area contributed by atoms with Crippen LogP contribution in [0.3, 0.4) is 0 Å². The van der Waals surface area contributed by atoms with E-state index >= 15 is 0 Å². The van der Waals surface area contributed by atoms with E-state index in [1.54, 1.807) is 25.3 Å². The molecule has 0 unspecified atom stereocenters. The van der Waals surface area contributed by atoms with Gasteiger partial charge in [-0.25, -0.2) is 0 Å². The number of benzene rings is 1. The Labute approximate surface area is 123 Å². The molecule has 1 amide bonds. The summed E-state index contributed by atoms with van der Waals surface area (Å²) in [7, 11) is 1.56. The predicted octanol–water partition coefficient (Wildman–Crippen LogP) is 3.44. The van der Waals surface area contributed by atoms with E-state index < -0.39 is 0 Å². The second-order valence-electron chi connectivity index (χ2n) is 4.73. The quantitative estimate of drug-likeness (QED) is 0.801. The van der Waals surface area contributed by atoms with Gasteiger partial charge in [-0.15, -0.1) is 11.6 Å². The third-order valence-electron chi connectivity index (χ3n) is 3.51. The minimum Gasteiger partial charge on any atom is -0.496 e. The average molecular weight is 302 g/mol. The first kappa shape index (κ1) is 14.5. The minimum atomic E-state index is -0.0210. The molecule has 0 radical (unpaired) electrons. The van der Waals surface area contributed by atoms with Crippen molar-refractivity contribution in [1.29, 1.82) is 0 Å². The van der Waals surface area contributed by atoms with Crippen molar-refractivity contribution in [3.05, 3.63) is 28.8 Å². The third kappa shape index (κ3) is 3.34. The number of piperidine rings is 1. The molecule has 5 heteroatoms. The maximum Gasteiger partial charge on any atom is 0.257 e. The number of ether oxygens (including phenoxy) is 1. The number of nitrogens with zero attached hydrogens (tertiary/aromatic N) is 1. The molecule has 19 heavy (non-hydrogen) atoms. The van der Waals surface area contributed by atoms with Crippen LogP contribution in [-0.2, 0) is 0 Å². The number of amides is 1. The fraction of sp³-hybridized carbons (Fsp3) is 0.500. The molecule has 1 fully saturated rings. The fourth-order valence-corrected chi connectivity index (χ4v) is 2.79. The summed E-state index contributed by atoms with van der Waals surface area (Å²) in [6, 6.07) is 5.11. The SMILES string of the molecule is COc1ccc(Cl)cc1C(=O)N1CCC(CCl)CC1. The van der Waals surface area contributed by atoms with E-state index in [4.69, 9.17) is 27.9 Å². The number of rotatable bonds is 3. The van der Waals surface area contributed by atoms with Crippen molar-refractivity contribution in [2.75, 3.05) is 26.1 Å². The van der Waals surface area contributed by atoms with Gasteiger partial charge in [0.1, 0.15) is 5.75 Å². The second kappa shape index (κ2) is 6.49. The standard InChI is InChI=1S/C14H17Cl2NO2/c1-19-13-3-2-11(16)8-12(13)14(18)17-6-4-10(9-15)5-7-17/h2-3,8,10H,4-7,9H2,1H3. The number of likely N-dealkylation sites (tertiary alicyclic amines) is 1. The zero-order chi connectivity index (χ0) is 13.8. The summed E-state index contributed by atoms with van der Waals surface area (Å²) in [4.78, 5) is 14.3. The van der Waals surface area contributed by atoms with Crippen LogP contribution in [0.4, 0.5) is 0 Å². The molecule has 104 valence electrons. The van der Waals surface area contributed by atoms with Crippen molar-refractivity contribution in [2.24, 2.45) is 5.92 Å². The van der Waals surface area contributed by atoms with E-state index in [0.29, 0.717) is 28.1 Å². The molecule has 0 aromatic heterocycles. The topological polar surface area (TPSA) is 29.5 Å². The van der Waals surface area contributed by atoms with Crippen LogP contribution in [0.25, 0.3) is 0 Å². The number of hydrogen-bond donors (Lipinski definition) is 0. The summed E-state index contributed by atoms with van der Waals surface area (Å²) in [5.41, 5.74) is 0.527. The average Bonchev–Trinajstić information content (AvgIpc) is 2.46. The van der Waals surface area contributed by atoms with Gasteiger partial charge in [-0.3, -0.25) is 4.79 Å². The molecular weight excluding hydrogens is 285 g/mol. The van der Waals surface area contributed by atoms with Gasteiger partial charge in [0, 0.05) is 24.0 Å². The Morgan fingerprint density at radius 1 is 1.42 bits per heavy atom. The van der Waals surface area contributed by atoms with Gasteiger partial charge in [-0.2, -0.15) is 0 Å². The lowest BCUT2D eigenvalue weighted by Crippen LogP contribution is -2.39. The molecule has 1 heterocycles. The molecular formula is C14H17Cl2NO2. The van der Waals surface area contributed by atoms with Crippen molar-refractivity contribution in [2.45, 2.75) is 12.8 Å². The molecule has 1 aliphatic heterocycles. The first-order valence-electron chi connectivity index (χ1n) is 6.34. The van der Waals surface area contributed by atoms with Gasteiger partial charge >= 0.3 is 0 Å². The highest BCUT2D eigenvalue weighted by Crippen LogP contribution is 2.26. The molecule has 0 spiro atoms. The molecule has 2 rings (SSSR count). The van der Waals surface area contributed by atoms with Crippen LogP contribution in [-0.4, -0.2) is 36.9 Å². The Bertz CT molecular complexity index is 457. The molecule has 0 N–H and O–H groups in total. The fourth-order valence-electron chi connectivity index (χ4n) is 2.31. The van der Waals surface area contributed by atoms with E-state index in [1.807, 2.05) is 4.90 Å². The lowest BCUT2D eigenvalue weighted by atomic mass is 9.98. The number of methoxy groups -OCH3 is 1. The van der Waals surface area contributed by atoms with Gasteiger partial charge < -0.3 is 9.64 Å². The van der Waals surface area contributed by atoms with Crippen LogP contribution in [0.2, 0.25) is 5.02 Å². The van der Waals surface area contributed by atoms with Gasteiger partial charge in [0.25, 0.3) is 5.91 Å². The predicted molar refractivity (Wildman–Crippen MR) is 77.4 cm³/mol. The number of hydrogen-bond acceptors (Lipinski definition) is 2. The van der Waals surface area contributed by atoms with Gasteiger partial charge in [-0.05, 0) is 37.0 Å². The molecule has 0 atom stereocenters. The van der Waals surface area contributed by atoms with Gasteiger partial charge in [0.2, 0.25) is 0 Å². The Morgan fingerprint density at radius 3 is 2.68 bits per heavy atom.